The van der Waals surface area contributed by atoms with Crippen LogP contribution < -0.4 is 10.5 Å². The van der Waals surface area contributed by atoms with E-state index in [1.807, 2.05) is 26.0 Å². The number of rotatable bonds is 2. The zero-order valence-electron chi connectivity index (χ0n) is 9.70. The van der Waals surface area contributed by atoms with Gasteiger partial charge in [0.05, 0.1) is 0 Å². The van der Waals surface area contributed by atoms with Crippen molar-refractivity contribution in [3.05, 3.63) is 46.7 Å². The molecule has 0 amide bonds. The summed E-state index contributed by atoms with van der Waals surface area (Å²) in [5.41, 5.74) is 8.54. The summed E-state index contributed by atoms with van der Waals surface area (Å²) >= 11 is 5.99. The van der Waals surface area contributed by atoms with Crippen LogP contribution in [0.3, 0.4) is 0 Å². The molecule has 0 saturated heterocycles. The number of nitrogens with two attached hydrogens (primary N) is 1. The van der Waals surface area contributed by atoms with Gasteiger partial charge in [0, 0.05) is 24.1 Å². The van der Waals surface area contributed by atoms with Crippen molar-refractivity contribution in [3.63, 3.8) is 0 Å². The zero-order chi connectivity index (χ0) is 12.4. The number of nitrogen functional groups attached to an aromatic ring is 1. The molecule has 0 unspecified atom stereocenters. The van der Waals surface area contributed by atoms with Crippen LogP contribution in [0.25, 0.3) is 0 Å². The fraction of sp³-hybridized carbons (Fsp3) is 0.154. The van der Waals surface area contributed by atoms with E-state index in [-0.39, 0.29) is 0 Å². The minimum atomic E-state index is 0.487. The topological polar surface area (TPSA) is 48.1 Å². The highest BCUT2D eigenvalue weighted by molar-refractivity contribution is 6.31. The fourth-order valence-electron chi connectivity index (χ4n) is 1.49. The first kappa shape index (κ1) is 11.7. The molecule has 1 aromatic carbocycles. The Hall–Kier alpha value is -1.74. The number of pyridine rings is 1. The zero-order valence-corrected chi connectivity index (χ0v) is 10.5. The lowest BCUT2D eigenvalue weighted by Crippen LogP contribution is -1.94. The Balaban J connectivity index is 2.37. The van der Waals surface area contributed by atoms with Crippen LogP contribution in [0.4, 0.5) is 5.69 Å². The first-order chi connectivity index (χ1) is 8.08. The van der Waals surface area contributed by atoms with Crippen molar-refractivity contribution >= 4 is 17.3 Å². The van der Waals surface area contributed by atoms with Crippen molar-refractivity contribution in [1.82, 2.24) is 4.98 Å². The molecule has 1 heterocycles. The van der Waals surface area contributed by atoms with Gasteiger partial charge in [-0.2, -0.15) is 0 Å². The number of anilines is 1. The smallest absolute Gasteiger partial charge is 0.149 e. The van der Waals surface area contributed by atoms with Crippen molar-refractivity contribution in [1.29, 1.82) is 0 Å². The molecule has 4 heteroatoms. The molecule has 2 N–H and O–H groups in total. The van der Waals surface area contributed by atoms with E-state index in [0.29, 0.717) is 10.8 Å². The van der Waals surface area contributed by atoms with Crippen molar-refractivity contribution in [2.24, 2.45) is 0 Å². The van der Waals surface area contributed by atoms with E-state index >= 15 is 0 Å². The van der Waals surface area contributed by atoms with E-state index in [4.69, 9.17) is 22.1 Å². The van der Waals surface area contributed by atoms with E-state index in [9.17, 15) is 0 Å². The number of hydrogen-bond acceptors (Lipinski definition) is 3. The summed E-state index contributed by atoms with van der Waals surface area (Å²) in [6.07, 6.45) is 3.19. The molecule has 0 radical (unpaired) electrons. The molecule has 2 rings (SSSR count). The summed E-state index contributed by atoms with van der Waals surface area (Å²) in [4.78, 5) is 3.91. The molecule has 3 nitrogen and oxygen atoms in total. The van der Waals surface area contributed by atoms with Gasteiger partial charge in [-0.05, 0) is 37.1 Å². The third-order valence-corrected chi connectivity index (χ3v) is 2.80. The van der Waals surface area contributed by atoms with Crippen molar-refractivity contribution < 1.29 is 4.74 Å². The highest BCUT2D eigenvalue weighted by atomic mass is 35.5. The lowest BCUT2D eigenvalue weighted by Gasteiger charge is -2.11. The molecular weight excluding hydrogens is 236 g/mol. The maximum atomic E-state index is 5.99. The van der Waals surface area contributed by atoms with Crippen LogP contribution in [0.5, 0.6) is 11.5 Å². The van der Waals surface area contributed by atoms with Crippen LogP contribution >= 0.6 is 11.6 Å². The summed E-state index contributed by atoms with van der Waals surface area (Å²) in [6.45, 7) is 3.88. The van der Waals surface area contributed by atoms with Gasteiger partial charge in [0.25, 0.3) is 0 Å². The number of ether oxygens (including phenoxy) is 1. The van der Waals surface area contributed by atoms with E-state index in [2.05, 4.69) is 4.98 Å². The third kappa shape index (κ3) is 2.50. The molecule has 2 aromatic rings. The monoisotopic (exact) mass is 248 g/mol. The molecule has 17 heavy (non-hydrogen) atoms. The Morgan fingerprint density at radius 2 is 1.94 bits per heavy atom. The first-order valence-electron chi connectivity index (χ1n) is 5.22. The van der Waals surface area contributed by atoms with Gasteiger partial charge in [-0.25, -0.2) is 0 Å². The quantitative estimate of drug-likeness (QED) is 0.824. The Morgan fingerprint density at radius 1 is 1.18 bits per heavy atom. The van der Waals surface area contributed by atoms with Crippen molar-refractivity contribution in [2.45, 2.75) is 13.8 Å². The fourth-order valence-corrected chi connectivity index (χ4v) is 1.64. The van der Waals surface area contributed by atoms with E-state index < -0.39 is 0 Å². The number of halogens is 1. The number of nitrogens with zero attached hydrogens (tertiary/aromatic N) is 1. The van der Waals surface area contributed by atoms with Crippen molar-refractivity contribution in [2.75, 3.05) is 5.73 Å². The predicted molar refractivity (Wildman–Crippen MR) is 69.6 cm³/mol. The molecule has 0 saturated carbocycles. The van der Waals surface area contributed by atoms with Crippen LogP contribution in [-0.4, -0.2) is 4.98 Å². The number of aromatic nitrogens is 1. The molecule has 0 atom stereocenters. The Kier molecular flexibility index (Phi) is 3.20. The van der Waals surface area contributed by atoms with E-state index in [1.54, 1.807) is 18.5 Å². The normalized spacial score (nSPS) is 10.3. The Bertz CT molecular complexity index is 555. The van der Waals surface area contributed by atoms with Crippen molar-refractivity contribution in [3.8, 4) is 11.5 Å². The number of aryl methyl sites for hydroxylation is 2. The van der Waals surface area contributed by atoms with Crippen LogP contribution in [0.2, 0.25) is 5.02 Å². The summed E-state index contributed by atoms with van der Waals surface area (Å²) in [5, 5.41) is 0.487. The Morgan fingerprint density at radius 3 is 2.65 bits per heavy atom. The van der Waals surface area contributed by atoms with Gasteiger partial charge in [0.2, 0.25) is 0 Å². The standard InChI is InChI=1S/C13H13ClN2O/c1-8-6-13(9(2)5-11(8)15)17-12-3-4-16-7-10(12)14/h3-7H,15H2,1-2H3. The molecule has 0 aliphatic rings. The van der Waals surface area contributed by atoms with Crippen LogP contribution in [-0.2, 0) is 0 Å². The van der Waals surface area contributed by atoms with Crippen LogP contribution in [0.15, 0.2) is 30.6 Å². The lowest BCUT2D eigenvalue weighted by atomic mass is 10.1. The summed E-state index contributed by atoms with van der Waals surface area (Å²) in [5.74, 6) is 1.35. The second kappa shape index (κ2) is 4.63. The largest absolute Gasteiger partial charge is 0.455 e. The van der Waals surface area contributed by atoms with Gasteiger partial charge in [-0.15, -0.1) is 0 Å². The molecule has 0 aliphatic carbocycles. The molecular formula is C13H13ClN2O. The second-order valence-electron chi connectivity index (χ2n) is 3.88. The molecule has 1 aromatic heterocycles. The highest BCUT2D eigenvalue weighted by Gasteiger charge is 2.07. The summed E-state index contributed by atoms with van der Waals surface area (Å²) in [7, 11) is 0. The second-order valence-corrected chi connectivity index (χ2v) is 4.29. The summed E-state index contributed by atoms with van der Waals surface area (Å²) in [6, 6.07) is 5.52. The maximum absolute atomic E-state index is 5.99. The predicted octanol–water partition coefficient (Wildman–Crippen LogP) is 3.73. The molecule has 0 aliphatic heterocycles. The average Bonchev–Trinajstić information content (AvgIpc) is 2.29. The van der Waals surface area contributed by atoms with Gasteiger partial charge < -0.3 is 10.5 Å². The number of benzene rings is 1. The average molecular weight is 249 g/mol. The SMILES string of the molecule is Cc1cc(Oc2ccncc2Cl)c(C)cc1N. The van der Waals surface area contributed by atoms with Gasteiger partial charge >= 0.3 is 0 Å². The van der Waals surface area contributed by atoms with Gasteiger partial charge in [-0.3, -0.25) is 4.98 Å². The van der Waals surface area contributed by atoms with Gasteiger partial charge in [-0.1, -0.05) is 11.6 Å². The molecule has 0 bridgehead atoms. The van der Waals surface area contributed by atoms with Crippen LogP contribution in [0, 0.1) is 13.8 Å². The summed E-state index contributed by atoms with van der Waals surface area (Å²) < 4.78 is 5.75. The van der Waals surface area contributed by atoms with Crippen LogP contribution in [0.1, 0.15) is 11.1 Å². The lowest BCUT2D eigenvalue weighted by molar-refractivity contribution is 0.478. The number of hydrogen-bond donors (Lipinski definition) is 1. The molecule has 0 spiro atoms. The third-order valence-electron chi connectivity index (χ3n) is 2.52. The van der Waals surface area contributed by atoms with E-state index in [1.165, 1.54) is 0 Å². The first-order valence-corrected chi connectivity index (χ1v) is 5.60. The maximum Gasteiger partial charge on any atom is 0.149 e. The Labute approximate surface area is 105 Å². The van der Waals surface area contributed by atoms with E-state index in [0.717, 1.165) is 22.6 Å². The van der Waals surface area contributed by atoms with Gasteiger partial charge in [0.15, 0.2) is 0 Å². The minimum Gasteiger partial charge on any atom is -0.455 e. The molecule has 88 valence electrons. The molecule has 0 fully saturated rings. The minimum absolute atomic E-state index is 0.487. The van der Waals surface area contributed by atoms with Gasteiger partial charge in [0.1, 0.15) is 16.5 Å². The highest BCUT2D eigenvalue weighted by Crippen LogP contribution is 2.32.